The van der Waals surface area contributed by atoms with Crippen molar-refractivity contribution in [3.63, 3.8) is 0 Å². The van der Waals surface area contributed by atoms with Gasteiger partial charge in [-0.05, 0) is 20.3 Å². The van der Waals surface area contributed by atoms with Crippen LogP contribution in [0.5, 0.6) is 0 Å². The van der Waals surface area contributed by atoms with E-state index >= 15 is 0 Å². The van der Waals surface area contributed by atoms with Crippen LogP contribution in [0.3, 0.4) is 0 Å². The van der Waals surface area contributed by atoms with Gasteiger partial charge in [0.15, 0.2) is 0 Å². The summed E-state index contributed by atoms with van der Waals surface area (Å²) in [5.41, 5.74) is 5.94. The summed E-state index contributed by atoms with van der Waals surface area (Å²) in [6.45, 7) is 6.49. The van der Waals surface area contributed by atoms with E-state index in [1.165, 1.54) is 51.4 Å². The van der Waals surface area contributed by atoms with Gasteiger partial charge in [0, 0.05) is 5.54 Å². The lowest BCUT2D eigenvalue weighted by Crippen LogP contribution is -2.31. The largest absolute Gasteiger partial charge is 0.326 e. The third-order valence-corrected chi connectivity index (χ3v) is 2.42. The Morgan fingerprint density at radius 3 is 1.60 bits per heavy atom. The molecule has 0 aliphatic heterocycles. The predicted molar refractivity (Wildman–Crippen MR) is 69.3 cm³/mol. The molecule has 0 radical (unpaired) electrons. The zero-order valence-electron chi connectivity index (χ0n) is 10.9. The second kappa shape index (κ2) is 12.0. The lowest BCUT2D eigenvalue weighted by Gasteiger charge is -2.17. The third-order valence-electron chi connectivity index (χ3n) is 2.42. The molecule has 15 heavy (non-hydrogen) atoms. The first-order chi connectivity index (χ1) is 7.06. The van der Waals surface area contributed by atoms with Crippen molar-refractivity contribution in [1.29, 1.82) is 0 Å². The molecule has 0 bridgehead atoms. The SMILES string of the molecule is CCCCCCCCCC(C)(C)N.NN. The standard InChI is InChI=1S/C12H27N.H4N2/c1-4-5-6-7-8-9-10-11-12(2,3)13;1-2/h4-11,13H2,1-3H3;1-2H2. The van der Waals surface area contributed by atoms with E-state index < -0.39 is 0 Å². The number of nitrogens with two attached hydrogens (primary N) is 3. The number of hydrogen-bond donors (Lipinski definition) is 3. The molecule has 0 spiro atoms. The zero-order chi connectivity index (χ0) is 12.2. The minimum atomic E-state index is 0.0451. The summed E-state index contributed by atoms with van der Waals surface area (Å²) >= 11 is 0. The minimum absolute atomic E-state index is 0.0451. The Morgan fingerprint density at radius 1 is 0.800 bits per heavy atom. The Kier molecular flexibility index (Phi) is 13.8. The zero-order valence-corrected chi connectivity index (χ0v) is 10.9. The molecule has 6 N–H and O–H groups in total. The number of unbranched alkanes of at least 4 members (excludes halogenated alkanes) is 6. The van der Waals surface area contributed by atoms with E-state index in [-0.39, 0.29) is 5.54 Å². The van der Waals surface area contributed by atoms with E-state index in [0.29, 0.717) is 0 Å². The summed E-state index contributed by atoms with van der Waals surface area (Å²) in [5.74, 6) is 8.00. The molecular weight excluding hydrogens is 186 g/mol. The fourth-order valence-electron chi connectivity index (χ4n) is 1.54. The molecule has 0 fully saturated rings. The van der Waals surface area contributed by atoms with Crippen molar-refractivity contribution < 1.29 is 0 Å². The molecule has 0 unspecified atom stereocenters. The van der Waals surface area contributed by atoms with Gasteiger partial charge in [-0.2, -0.15) is 0 Å². The van der Waals surface area contributed by atoms with Crippen molar-refractivity contribution in [3.05, 3.63) is 0 Å². The average molecular weight is 217 g/mol. The van der Waals surface area contributed by atoms with E-state index in [0.717, 1.165) is 0 Å². The molecule has 3 nitrogen and oxygen atoms in total. The highest BCUT2D eigenvalue weighted by molar-refractivity contribution is 4.70. The smallest absolute Gasteiger partial charge is 0.00970 e. The highest BCUT2D eigenvalue weighted by Gasteiger charge is 2.08. The second-order valence-electron chi connectivity index (χ2n) is 4.86. The van der Waals surface area contributed by atoms with Crippen LogP contribution in [-0.4, -0.2) is 5.54 Å². The van der Waals surface area contributed by atoms with Gasteiger partial charge in [0.25, 0.3) is 0 Å². The lowest BCUT2D eigenvalue weighted by atomic mass is 9.97. The maximum absolute atomic E-state index is 5.90. The number of rotatable bonds is 8. The van der Waals surface area contributed by atoms with Crippen molar-refractivity contribution in [1.82, 2.24) is 0 Å². The maximum atomic E-state index is 5.90. The van der Waals surface area contributed by atoms with Crippen molar-refractivity contribution in [2.45, 2.75) is 77.7 Å². The van der Waals surface area contributed by atoms with Crippen molar-refractivity contribution >= 4 is 0 Å². The lowest BCUT2D eigenvalue weighted by molar-refractivity contribution is 0.441. The first kappa shape index (κ1) is 17.3. The third kappa shape index (κ3) is 20.1. The normalized spacial score (nSPS) is 10.8. The molecule has 0 saturated heterocycles. The molecule has 0 aromatic rings. The van der Waals surface area contributed by atoms with Gasteiger partial charge in [0.2, 0.25) is 0 Å². The van der Waals surface area contributed by atoms with Gasteiger partial charge in [-0.25, -0.2) is 0 Å². The first-order valence-corrected chi connectivity index (χ1v) is 6.18. The maximum Gasteiger partial charge on any atom is 0.00970 e. The van der Waals surface area contributed by atoms with Gasteiger partial charge in [-0.1, -0.05) is 51.9 Å². The molecule has 94 valence electrons. The first-order valence-electron chi connectivity index (χ1n) is 6.18. The van der Waals surface area contributed by atoms with E-state index in [1.807, 2.05) is 0 Å². The summed E-state index contributed by atoms with van der Waals surface area (Å²) in [6.07, 6.45) is 10.8. The molecule has 0 rings (SSSR count). The Balaban J connectivity index is 0. The Morgan fingerprint density at radius 2 is 1.20 bits per heavy atom. The number of hydrogen-bond acceptors (Lipinski definition) is 3. The summed E-state index contributed by atoms with van der Waals surface area (Å²) in [7, 11) is 0. The molecule has 3 heteroatoms. The van der Waals surface area contributed by atoms with Gasteiger partial charge in [-0.15, -0.1) is 0 Å². The van der Waals surface area contributed by atoms with Crippen LogP contribution in [0, 0.1) is 0 Å². The van der Waals surface area contributed by atoms with Crippen molar-refractivity contribution in [2.24, 2.45) is 17.4 Å². The van der Waals surface area contributed by atoms with Crippen molar-refractivity contribution in [2.75, 3.05) is 0 Å². The van der Waals surface area contributed by atoms with E-state index in [9.17, 15) is 0 Å². The van der Waals surface area contributed by atoms with Crippen LogP contribution in [0.2, 0.25) is 0 Å². The fraction of sp³-hybridized carbons (Fsp3) is 1.00. The van der Waals surface area contributed by atoms with E-state index in [2.05, 4.69) is 32.5 Å². The average Bonchev–Trinajstić information content (AvgIpc) is 2.18. The Bertz CT molecular complexity index is 108. The Hall–Kier alpha value is -0.120. The van der Waals surface area contributed by atoms with Crippen LogP contribution in [0.4, 0.5) is 0 Å². The number of hydrazine groups is 1. The summed E-state index contributed by atoms with van der Waals surface area (Å²) < 4.78 is 0. The molecule has 0 amide bonds. The molecule has 0 aliphatic carbocycles. The van der Waals surface area contributed by atoms with Crippen LogP contribution in [0.1, 0.15) is 72.1 Å². The predicted octanol–water partition coefficient (Wildman–Crippen LogP) is 2.68. The topological polar surface area (TPSA) is 78.1 Å². The summed E-state index contributed by atoms with van der Waals surface area (Å²) in [6, 6.07) is 0. The minimum Gasteiger partial charge on any atom is -0.326 e. The summed E-state index contributed by atoms with van der Waals surface area (Å²) in [4.78, 5) is 0. The van der Waals surface area contributed by atoms with E-state index in [1.54, 1.807) is 0 Å². The van der Waals surface area contributed by atoms with Crippen LogP contribution < -0.4 is 17.4 Å². The quantitative estimate of drug-likeness (QED) is 0.332. The van der Waals surface area contributed by atoms with Crippen molar-refractivity contribution in [3.8, 4) is 0 Å². The molecule has 0 aromatic carbocycles. The van der Waals surface area contributed by atoms with Gasteiger partial charge in [0.1, 0.15) is 0 Å². The second-order valence-corrected chi connectivity index (χ2v) is 4.86. The monoisotopic (exact) mass is 217 g/mol. The molecule has 0 aromatic heterocycles. The van der Waals surface area contributed by atoms with Gasteiger partial charge < -0.3 is 5.73 Å². The highest BCUT2D eigenvalue weighted by atomic mass is 15.0. The van der Waals surface area contributed by atoms with Gasteiger partial charge >= 0.3 is 0 Å². The molecular formula is C12H31N3. The van der Waals surface area contributed by atoms with Crippen LogP contribution >= 0.6 is 0 Å². The molecule has 0 atom stereocenters. The molecule has 0 saturated carbocycles. The molecule has 0 aliphatic rings. The van der Waals surface area contributed by atoms with E-state index in [4.69, 9.17) is 5.73 Å². The fourth-order valence-corrected chi connectivity index (χ4v) is 1.54. The van der Waals surface area contributed by atoms with Crippen LogP contribution in [0.15, 0.2) is 0 Å². The molecule has 0 heterocycles. The van der Waals surface area contributed by atoms with Gasteiger partial charge in [0.05, 0.1) is 0 Å². The summed E-state index contributed by atoms with van der Waals surface area (Å²) in [5, 5.41) is 0. The van der Waals surface area contributed by atoms with Crippen LogP contribution in [-0.2, 0) is 0 Å². The van der Waals surface area contributed by atoms with Crippen LogP contribution in [0.25, 0.3) is 0 Å². The van der Waals surface area contributed by atoms with Gasteiger partial charge in [-0.3, -0.25) is 11.7 Å². The highest BCUT2D eigenvalue weighted by Crippen LogP contribution is 2.13. The Labute approximate surface area is 95.7 Å².